The van der Waals surface area contributed by atoms with Gasteiger partial charge < -0.3 is 15.7 Å². The molecule has 3 N–H and O–H groups in total. The first kappa shape index (κ1) is 16.2. The predicted molar refractivity (Wildman–Crippen MR) is 85.7 cm³/mol. The second kappa shape index (κ2) is 8.31. The number of amides is 2. The molecule has 0 bridgehead atoms. The number of aliphatic hydroxyl groups is 1. The summed E-state index contributed by atoms with van der Waals surface area (Å²) in [5.74, 6) is -0.393. The lowest BCUT2D eigenvalue weighted by Crippen LogP contribution is -2.34. The molecule has 2 rings (SSSR count). The van der Waals surface area contributed by atoms with Crippen molar-refractivity contribution in [1.29, 1.82) is 0 Å². The van der Waals surface area contributed by atoms with Crippen molar-refractivity contribution in [2.75, 3.05) is 13.1 Å². The van der Waals surface area contributed by atoms with Crippen LogP contribution < -0.4 is 10.6 Å². The Balaban J connectivity index is 1.65. The molecule has 0 saturated heterocycles. The fourth-order valence-electron chi connectivity index (χ4n) is 1.91. The number of carbonyl (C=O) groups excluding carboxylic acids is 2. The van der Waals surface area contributed by atoms with Crippen LogP contribution in [0, 0.1) is 0 Å². The lowest BCUT2D eigenvalue weighted by Gasteiger charge is -2.11. The zero-order valence-electron chi connectivity index (χ0n) is 12.0. The van der Waals surface area contributed by atoms with Gasteiger partial charge in [-0.1, -0.05) is 36.4 Å². The number of benzene rings is 1. The summed E-state index contributed by atoms with van der Waals surface area (Å²) in [5.41, 5.74) is 0.712. The number of nitrogens with one attached hydrogen (secondary N) is 2. The summed E-state index contributed by atoms with van der Waals surface area (Å²) < 4.78 is 0. The first-order valence-electron chi connectivity index (χ1n) is 6.98. The molecule has 6 heteroatoms. The largest absolute Gasteiger partial charge is 0.388 e. The number of aliphatic hydroxyl groups excluding tert-OH is 1. The van der Waals surface area contributed by atoms with Crippen molar-refractivity contribution < 1.29 is 14.7 Å². The molecular formula is C16H18N2O3S. The van der Waals surface area contributed by atoms with Gasteiger partial charge in [-0.15, -0.1) is 11.3 Å². The SMILES string of the molecule is O=C(CC(O)c1ccccc1)NCCNC(=O)c1cccs1. The van der Waals surface area contributed by atoms with Crippen molar-refractivity contribution in [3.63, 3.8) is 0 Å². The molecule has 1 heterocycles. The van der Waals surface area contributed by atoms with E-state index in [2.05, 4.69) is 10.6 Å². The molecule has 0 aliphatic rings. The Bertz CT molecular complexity index is 599. The Morgan fingerprint density at radius 2 is 1.77 bits per heavy atom. The summed E-state index contributed by atoms with van der Waals surface area (Å²) in [5, 5.41) is 17.2. The van der Waals surface area contributed by atoms with E-state index in [9.17, 15) is 14.7 Å². The summed E-state index contributed by atoms with van der Waals surface area (Å²) in [6, 6.07) is 12.6. The number of carbonyl (C=O) groups is 2. The van der Waals surface area contributed by atoms with Crippen LogP contribution in [0.3, 0.4) is 0 Å². The minimum Gasteiger partial charge on any atom is -0.388 e. The lowest BCUT2D eigenvalue weighted by molar-refractivity contribution is -0.123. The van der Waals surface area contributed by atoms with Gasteiger partial charge in [-0.3, -0.25) is 9.59 Å². The van der Waals surface area contributed by atoms with Crippen LogP contribution in [0.5, 0.6) is 0 Å². The van der Waals surface area contributed by atoms with Crippen molar-refractivity contribution in [3.05, 3.63) is 58.3 Å². The van der Waals surface area contributed by atoms with E-state index in [1.807, 2.05) is 29.6 Å². The molecular weight excluding hydrogens is 300 g/mol. The van der Waals surface area contributed by atoms with Gasteiger partial charge >= 0.3 is 0 Å². The zero-order valence-corrected chi connectivity index (χ0v) is 12.8. The third-order valence-corrected chi connectivity index (χ3v) is 3.91. The second-order valence-electron chi connectivity index (χ2n) is 4.71. The average Bonchev–Trinajstić information content (AvgIpc) is 3.06. The van der Waals surface area contributed by atoms with Crippen LogP contribution in [0.25, 0.3) is 0 Å². The van der Waals surface area contributed by atoms with E-state index in [-0.39, 0.29) is 18.2 Å². The Labute approximate surface area is 133 Å². The van der Waals surface area contributed by atoms with E-state index in [1.165, 1.54) is 11.3 Å². The standard InChI is InChI=1S/C16H18N2O3S/c19-13(12-5-2-1-3-6-12)11-15(20)17-8-9-18-16(21)14-7-4-10-22-14/h1-7,10,13,19H,8-9,11H2,(H,17,20)(H,18,21). The Hall–Kier alpha value is -2.18. The fraction of sp³-hybridized carbons (Fsp3) is 0.250. The zero-order chi connectivity index (χ0) is 15.8. The summed E-state index contributed by atoms with van der Waals surface area (Å²) in [6.07, 6.45) is -0.815. The Morgan fingerprint density at radius 3 is 2.45 bits per heavy atom. The summed E-state index contributed by atoms with van der Waals surface area (Å²) in [6.45, 7) is 0.682. The molecule has 0 aliphatic carbocycles. The number of rotatable bonds is 7. The van der Waals surface area contributed by atoms with E-state index in [1.54, 1.807) is 18.2 Å². The number of hydrogen-bond donors (Lipinski definition) is 3. The Morgan fingerprint density at radius 1 is 1.05 bits per heavy atom. The van der Waals surface area contributed by atoms with Gasteiger partial charge in [0, 0.05) is 13.1 Å². The van der Waals surface area contributed by atoms with Gasteiger partial charge in [-0.05, 0) is 17.0 Å². The van der Waals surface area contributed by atoms with Crippen LogP contribution in [-0.4, -0.2) is 30.0 Å². The molecule has 0 spiro atoms. The van der Waals surface area contributed by atoms with Gasteiger partial charge in [0.15, 0.2) is 0 Å². The molecule has 0 radical (unpaired) electrons. The Kier molecular flexibility index (Phi) is 6.12. The molecule has 2 amide bonds. The van der Waals surface area contributed by atoms with Gasteiger partial charge in [-0.2, -0.15) is 0 Å². The highest BCUT2D eigenvalue weighted by Gasteiger charge is 2.12. The maximum Gasteiger partial charge on any atom is 0.261 e. The molecule has 1 atom stereocenters. The van der Waals surface area contributed by atoms with Crippen molar-refractivity contribution in [2.24, 2.45) is 0 Å². The molecule has 0 saturated carbocycles. The monoisotopic (exact) mass is 318 g/mol. The quantitative estimate of drug-likeness (QED) is 0.680. The molecule has 116 valence electrons. The van der Waals surface area contributed by atoms with E-state index >= 15 is 0 Å². The van der Waals surface area contributed by atoms with Crippen LogP contribution in [0.15, 0.2) is 47.8 Å². The molecule has 5 nitrogen and oxygen atoms in total. The highest BCUT2D eigenvalue weighted by molar-refractivity contribution is 7.12. The normalized spacial score (nSPS) is 11.7. The average molecular weight is 318 g/mol. The smallest absolute Gasteiger partial charge is 0.261 e. The molecule has 1 aromatic heterocycles. The summed E-state index contributed by atoms with van der Waals surface area (Å²) in [4.78, 5) is 24.0. The van der Waals surface area contributed by atoms with Crippen molar-refractivity contribution >= 4 is 23.2 Å². The van der Waals surface area contributed by atoms with Crippen LogP contribution in [0.2, 0.25) is 0 Å². The molecule has 1 unspecified atom stereocenters. The first-order valence-corrected chi connectivity index (χ1v) is 7.86. The van der Waals surface area contributed by atoms with E-state index in [0.29, 0.717) is 23.5 Å². The number of thiophene rings is 1. The van der Waals surface area contributed by atoms with Crippen LogP contribution in [0.1, 0.15) is 27.8 Å². The van der Waals surface area contributed by atoms with E-state index in [0.717, 1.165) is 0 Å². The topological polar surface area (TPSA) is 78.4 Å². The fourth-order valence-corrected chi connectivity index (χ4v) is 2.55. The van der Waals surface area contributed by atoms with Crippen LogP contribution in [0.4, 0.5) is 0 Å². The minimum absolute atomic E-state index is 0.00286. The summed E-state index contributed by atoms with van der Waals surface area (Å²) >= 11 is 1.37. The van der Waals surface area contributed by atoms with E-state index < -0.39 is 6.10 Å². The van der Waals surface area contributed by atoms with Gasteiger partial charge in [-0.25, -0.2) is 0 Å². The molecule has 0 fully saturated rings. The molecule has 2 aromatic rings. The van der Waals surface area contributed by atoms with Gasteiger partial charge in [0.1, 0.15) is 0 Å². The summed E-state index contributed by atoms with van der Waals surface area (Å²) in [7, 11) is 0. The van der Waals surface area contributed by atoms with E-state index in [4.69, 9.17) is 0 Å². The van der Waals surface area contributed by atoms with Gasteiger partial charge in [0.05, 0.1) is 17.4 Å². The van der Waals surface area contributed by atoms with Gasteiger partial charge in [0.2, 0.25) is 5.91 Å². The lowest BCUT2D eigenvalue weighted by atomic mass is 10.1. The van der Waals surface area contributed by atoms with Crippen LogP contribution in [-0.2, 0) is 4.79 Å². The number of hydrogen-bond acceptors (Lipinski definition) is 4. The van der Waals surface area contributed by atoms with Crippen molar-refractivity contribution in [3.8, 4) is 0 Å². The van der Waals surface area contributed by atoms with Crippen molar-refractivity contribution in [1.82, 2.24) is 10.6 Å². The third-order valence-electron chi connectivity index (χ3n) is 3.04. The third kappa shape index (κ3) is 4.98. The molecule has 1 aromatic carbocycles. The maximum atomic E-state index is 11.7. The predicted octanol–water partition coefficient (Wildman–Crippen LogP) is 1.72. The van der Waals surface area contributed by atoms with Crippen LogP contribution >= 0.6 is 11.3 Å². The van der Waals surface area contributed by atoms with Gasteiger partial charge in [0.25, 0.3) is 5.91 Å². The maximum absolute atomic E-state index is 11.7. The second-order valence-corrected chi connectivity index (χ2v) is 5.66. The minimum atomic E-state index is -0.818. The highest BCUT2D eigenvalue weighted by Crippen LogP contribution is 2.15. The molecule has 0 aliphatic heterocycles. The molecule has 22 heavy (non-hydrogen) atoms. The highest BCUT2D eigenvalue weighted by atomic mass is 32.1. The first-order chi connectivity index (χ1) is 10.7. The van der Waals surface area contributed by atoms with Crippen molar-refractivity contribution in [2.45, 2.75) is 12.5 Å².